The number of ether oxygens (including phenoxy) is 1. The van der Waals surface area contributed by atoms with Crippen molar-refractivity contribution < 1.29 is 19.0 Å². The van der Waals surface area contributed by atoms with Crippen molar-refractivity contribution in [3.63, 3.8) is 0 Å². The van der Waals surface area contributed by atoms with Crippen molar-refractivity contribution in [2.24, 2.45) is 0 Å². The first kappa shape index (κ1) is 17.6. The molecule has 0 saturated heterocycles. The summed E-state index contributed by atoms with van der Waals surface area (Å²) in [7, 11) is 0. The van der Waals surface area contributed by atoms with Gasteiger partial charge in [-0.3, -0.25) is 5.32 Å². The van der Waals surface area contributed by atoms with Crippen molar-refractivity contribution >= 4 is 17.5 Å². The quantitative estimate of drug-likeness (QED) is 0.771. The molecular weight excluding hydrogens is 311 g/mol. The Labute approximate surface area is 140 Å². The largest absolute Gasteiger partial charge is 0.508 e. The van der Waals surface area contributed by atoms with Gasteiger partial charge in [-0.2, -0.15) is 0 Å². The fraction of sp³-hybridized carbons (Fsp3) is 0.278. The first-order chi connectivity index (χ1) is 11.2. The highest BCUT2D eigenvalue weighted by Gasteiger charge is 2.16. The fourth-order valence-corrected chi connectivity index (χ4v) is 1.97. The van der Waals surface area contributed by atoms with Gasteiger partial charge in [-0.1, -0.05) is 12.1 Å². The van der Waals surface area contributed by atoms with Crippen LogP contribution in [0.1, 0.15) is 26.3 Å². The van der Waals surface area contributed by atoms with Crippen molar-refractivity contribution in [3.8, 4) is 5.75 Å². The van der Waals surface area contributed by atoms with Gasteiger partial charge in [0.15, 0.2) is 0 Å². The molecule has 0 radical (unpaired) electrons. The zero-order chi connectivity index (χ0) is 17.7. The van der Waals surface area contributed by atoms with Crippen LogP contribution in [0.15, 0.2) is 42.5 Å². The van der Waals surface area contributed by atoms with Gasteiger partial charge in [-0.05, 0) is 56.7 Å². The number of phenols is 1. The van der Waals surface area contributed by atoms with Crippen LogP contribution >= 0.6 is 0 Å². The number of phenolic OH excluding ortho intramolecular Hbond substituents is 1. The van der Waals surface area contributed by atoms with E-state index in [0.29, 0.717) is 12.2 Å². The van der Waals surface area contributed by atoms with E-state index in [9.17, 15) is 14.3 Å². The Kier molecular flexibility index (Phi) is 5.28. The number of aromatic hydroxyl groups is 1. The van der Waals surface area contributed by atoms with Crippen LogP contribution in [0.3, 0.4) is 0 Å². The number of amides is 1. The van der Waals surface area contributed by atoms with Crippen LogP contribution in [0.25, 0.3) is 0 Å². The molecule has 5 nitrogen and oxygen atoms in total. The molecule has 6 heteroatoms. The maximum Gasteiger partial charge on any atom is 0.412 e. The average molecular weight is 332 g/mol. The monoisotopic (exact) mass is 332 g/mol. The van der Waals surface area contributed by atoms with E-state index in [1.54, 1.807) is 45.0 Å². The SMILES string of the molecule is CC(C)(C)OC(=O)Nc1ccc(F)c(NCc2ccc(O)cc2)c1. The highest BCUT2D eigenvalue weighted by Crippen LogP contribution is 2.21. The van der Waals surface area contributed by atoms with E-state index in [1.807, 2.05) is 0 Å². The van der Waals surface area contributed by atoms with Gasteiger partial charge in [0.2, 0.25) is 0 Å². The molecule has 0 fully saturated rings. The van der Waals surface area contributed by atoms with Gasteiger partial charge >= 0.3 is 6.09 Å². The summed E-state index contributed by atoms with van der Waals surface area (Å²) in [5.74, 6) is -0.253. The minimum atomic E-state index is -0.607. The first-order valence-corrected chi connectivity index (χ1v) is 7.54. The van der Waals surface area contributed by atoms with Crippen molar-refractivity contribution in [2.45, 2.75) is 32.9 Å². The molecule has 128 valence electrons. The van der Waals surface area contributed by atoms with E-state index in [2.05, 4.69) is 10.6 Å². The van der Waals surface area contributed by atoms with Crippen LogP contribution in [-0.2, 0) is 11.3 Å². The molecule has 0 spiro atoms. The van der Waals surface area contributed by atoms with Crippen molar-refractivity contribution in [1.29, 1.82) is 0 Å². The molecule has 2 aromatic carbocycles. The molecule has 24 heavy (non-hydrogen) atoms. The highest BCUT2D eigenvalue weighted by atomic mass is 19.1. The lowest BCUT2D eigenvalue weighted by molar-refractivity contribution is 0.0636. The second kappa shape index (κ2) is 7.21. The van der Waals surface area contributed by atoms with Crippen LogP contribution in [0.2, 0.25) is 0 Å². The van der Waals surface area contributed by atoms with E-state index < -0.39 is 17.5 Å². The number of rotatable bonds is 4. The molecule has 0 aliphatic rings. The second-order valence-electron chi connectivity index (χ2n) is 6.34. The number of halogens is 1. The third-order valence-electron chi connectivity index (χ3n) is 3.03. The molecule has 2 aromatic rings. The Balaban J connectivity index is 2.02. The lowest BCUT2D eigenvalue weighted by Crippen LogP contribution is -2.27. The second-order valence-corrected chi connectivity index (χ2v) is 6.34. The summed E-state index contributed by atoms with van der Waals surface area (Å²) < 4.78 is 19.1. The maximum absolute atomic E-state index is 13.9. The van der Waals surface area contributed by atoms with Gasteiger partial charge in [0.25, 0.3) is 0 Å². The molecule has 0 aliphatic heterocycles. The molecule has 0 bridgehead atoms. The molecule has 1 amide bonds. The number of carbonyl (C=O) groups excluding carboxylic acids is 1. The fourth-order valence-electron chi connectivity index (χ4n) is 1.97. The standard InChI is InChI=1S/C18H21FN2O3/c1-18(2,3)24-17(23)21-13-6-9-15(19)16(10-13)20-11-12-4-7-14(22)8-5-12/h4-10,20,22H,11H2,1-3H3,(H,21,23). The lowest BCUT2D eigenvalue weighted by atomic mass is 10.2. The molecule has 0 saturated carbocycles. The zero-order valence-corrected chi connectivity index (χ0v) is 13.9. The minimum absolute atomic E-state index is 0.175. The molecular formula is C18H21FN2O3. The number of benzene rings is 2. The van der Waals surface area contributed by atoms with Crippen LogP contribution in [-0.4, -0.2) is 16.8 Å². The highest BCUT2D eigenvalue weighted by molar-refractivity contribution is 5.85. The summed E-state index contributed by atoms with van der Waals surface area (Å²) in [6.45, 7) is 5.68. The Bertz CT molecular complexity index is 709. The lowest BCUT2D eigenvalue weighted by Gasteiger charge is -2.20. The first-order valence-electron chi connectivity index (χ1n) is 7.54. The molecule has 0 atom stereocenters. The van der Waals surface area contributed by atoms with Gasteiger partial charge < -0.3 is 15.2 Å². The molecule has 0 aromatic heterocycles. The van der Waals surface area contributed by atoms with Gasteiger partial charge in [-0.15, -0.1) is 0 Å². The molecule has 2 rings (SSSR count). The third kappa shape index (κ3) is 5.46. The summed E-state index contributed by atoms with van der Waals surface area (Å²) >= 11 is 0. The van der Waals surface area contributed by atoms with E-state index in [-0.39, 0.29) is 11.4 Å². The van der Waals surface area contributed by atoms with Crippen LogP contribution < -0.4 is 10.6 Å². The Morgan fingerprint density at radius 2 is 1.83 bits per heavy atom. The van der Waals surface area contributed by atoms with Crippen LogP contribution in [0.4, 0.5) is 20.6 Å². The van der Waals surface area contributed by atoms with Crippen molar-refractivity contribution in [1.82, 2.24) is 0 Å². The number of anilines is 2. The molecule has 0 unspecified atom stereocenters. The average Bonchev–Trinajstić information content (AvgIpc) is 2.47. The predicted octanol–water partition coefficient (Wildman–Crippen LogP) is 4.49. The van der Waals surface area contributed by atoms with E-state index >= 15 is 0 Å². The molecule has 3 N–H and O–H groups in total. The van der Waals surface area contributed by atoms with Crippen LogP contribution in [0, 0.1) is 5.82 Å². The normalized spacial score (nSPS) is 11.0. The van der Waals surface area contributed by atoms with Gasteiger partial charge in [0.1, 0.15) is 17.2 Å². The number of nitrogens with one attached hydrogen (secondary N) is 2. The molecule has 0 heterocycles. The number of hydrogen-bond acceptors (Lipinski definition) is 4. The summed E-state index contributed by atoms with van der Waals surface area (Å²) in [4.78, 5) is 11.8. The maximum atomic E-state index is 13.9. The molecule has 0 aliphatic carbocycles. The Hall–Kier alpha value is -2.76. The van der Waals surface area contributed by atoms with E-state index in [4.69, 9.17) is 4.74 Å². The summed E-state index contributed by atoms with van der Waals surface area (Å²) in [6.07, 6.45) is -0.599. The van der Waals surface area contributed by atoms with Gasteiger partial charge in [0.05, 0.1) is 5.69 Å². The van der Waals surface area contributed by atoms with E-state index in [1.165, 1.54) is 18.2 Å². The number of carbonyl (C=O) groups is 1. The van der Waals surface area contributed by atoms with Crippen molar-refractivity contribution in [3.05, 3.63) is 53.8 Å². The van der Waals surface area contributed by atoms with Crippen LogP contribution in [0.5, 0.6) is 5.75 Å². The minimum Gasteiger partial charge on any atom is -0.508 e. The predicted molar refractivity (Wildman–Crippen MR) is 91.7 cm³/mol. The summed E-state index contributed by atoms with van der Waals surface area (Å²) in [5.41, 5.74) is 0.970. The van der Waals surface area contributed by atoms with Gasteiger partial charge in [-0.25, -0.2) is 9.18 Å². The Morgan fingerprint density at radius 1 is 1.17 bits per heavy atom. The topological polar surface area (TPSA) is 70.6 Å². The Morgan fingerprint density at radius 3 is 2.46 bits per heavy atom. The summed E-state index contributed by atoms with van der Waals surface area (Å²) in [6, 6.07) is 10.8. The van der Waals surface area contributed by atoms with E-state index in [0.717, 1.165) is 5.56 Å². The number of hydrogen-bond donors (Lipinski definition) is 3. The van der Waals surface area contributed by atoms with Gasteiger partial charge in [0, 0.05) is 12.2 Å². The smallest absolute Gasteiger partial charge is 0.412 e. The van der Waals surface area contributed by atoms with Crippen molar-refractivity contribution in [2.75, 3.05) is 10.6 Å². The summed E-state index contributed by atoms with van der Waals surface area (Å²) in [5, 5.41) is 14.8. The zero-order valence-electron chi connectivity index (χ0n) is 13.9. The third-order valence-corrected chi connectivity index (χ3v) is 3.03.